The first-order chi connectivity index (χ1) is 10.2. The molecule has 0 fully saturated rings. The monoisotopic (exact) mass is 284 g/mol. The molecular weight excluding hydrogens is 267 g/mol. The van der Waals surface area contributed by atoms with Crippen molar-refractivity contribution in [1.29, 1.82) is 0 Å². The molecule has 3 nitrogen and oxygen atoms in total. The van der Waals surface area contributed by atoms with E-state index >= 15 is 0 Å². The van der Waals surface area contributed by atoms with E-state index in [9.17, 15) is 4.39 Å². The van der Waals surface area contributed by atoms with E-state index in [1.54, 1.807) is 6.07 Å². The van der Waals surface area contributed by atoms with Gasteiger partial charge in [-0.2, -0.15) is 0 Å². The van der Waals surface area contributed by atoms with Crippen molar-refractivity contribution >= 4 is 11.0 Å². The minimum absolute atomic E-state index is 0.268. The Balaban J connectivity index is 2.03. The first-order valence-corrected chi connectivity index (χ1v) is 6.99. The molecule has 2 aromatic carbocycles. The van der Waals surface area contributed by atoms with E-state index in [4.69, 9.17) is 4.74 Å². The van der Waals surface area contributed by atoms with Gasteiger partial charge in [0.15, 0.2) is 11.6 Å². The summed E-state index contributed by atoms with van der Waals surface area (Å²) in [7, 11) is 1.47. The summed E-state index contributed by atoms with van der Waals surface area (Å²) in [6.07, 6.45) is 0.841. The maximum absolute atomic E-state index is 13.8. The van der Waals surface area contributed by atoms with Crippen molar-refractivity contribution in [2.75, 3.05) is 7.11 Å². The van der Waals surface area contributed by atoms with Gasteiger partial charge in [0.1, 0.15) is 5.82 Å². The lowest BCUT2D eigenvalue weighted by molar-refractivity contribution is 0.386. The highest BCUT2D eigenvalue weighted by molar-refractivity contribution is 5.76. The summed E-state index contributed by atoms with van der Waals surface area (Å²) in [5.74, 6) is 0.940. The second kappa shape index (κ2) is 5.56. The standard InChI is InChI=1S/C17H17FN2O/c1-3-17-19-14-6-4-5-7-15(14)20(17)11-12-8-9-16(21-2)13(18)10-12/h4-10H,3,11H2,1-2H3. The molecule has 0 saturated carbocycles. The highest BCUT2D eigenvalue weighted by Crippen LogP contribution is 2.21. The minimum Gasteiger partial charge on any atom is -0.494 e. The van der Waals surface area contributed by atoms with Gasteiger partial charge in [0.2, 0.25) is 0 Å². The van der Waals surface area contributed by atoms with Gasteiger partial charge in [-0.15, -0.1) is 0 Å². The summed E-state index contributed by atoms with van der Waals surface area (Å²) in [4.78, 5) is 4.63. The number of hydrogen-bond acceptors (Lipinski definition) is 2. The van der Waals surface area contributed by atoms with Crippen molar-refractivity contribution in [2.24, 2.45) is 0 Å². The predicted octanol–water partition coefficient (Wildman–Crippen LogP) is 3.79. The summed E-state index contributed by atoms with van der Waals surface area (Å²) >= 11 is 0. The lowest BCUT2D eigenvalue weighted by atomic mass is 10.2. The summed E-state index contributed by atoms with van der Waals surface area (Å²) in [6.45, 7) is 2.68. The van der Waals surface area contributed by atoms with E-state index in [0.29, 0.717) is 6.54 Å². The summed E-state index contributed by atoms with van der Waals surface area (Å²) in [5.41, 5.74) is 2.94. The fourth-order valence-corrected chi connectivity index (χ4v) is 2.56. The summed E-state index contributed by atoms with van der Waals surface area (Å²) in [6, 6.07) is 13.1. The van der Waals surface area contributed by atoms with Crippen LogP contribution in [0.25, 0.3) is 11.0 Å². The van der Waals surface area contributed by atoms with E-state index in [2.05, 4.69) is 16.5 Å². The summed E-state index contributed by atoms with van der Waals surface area (Å²) in [5, 5.41) is 0. The molecule has 4 heteroatoms. The zero-order chi connectivity index (χ0) is 14.8. The highest BCUT2D eigenvalue weighted by Gasteiger charge is 2.10. The molecule has 0 amide bonds. The van der Waals surface area contributed by atoms with Crippen molar-refractivity contribution in [1.82, 2.24) is 9.55 Å². The number of fused-ring (bicyclic) bond motifs is 1. The third-order valence-electron chi connectivity index (χ3n) is 3.61. The highest BCUT2D eigenvalue weighted by atomic mass is 19.1. The number of ether oxygens (including phenoxy) is 1. The first kappa shape index (κ1) is 13.6. The molecule has 0 aliphatic carbocycles. The number of halogens is 1. The van der Waals surface area contributed by atoms with Crippen molar-refractivity contribution in [3.63, 3.8) is 0 Å². The quantitative estimate of drug-likeness (QED) is 0.728. The maximum Gasteiger partial charge on any atom is 0.165 e. The Kier molecular flexibility index (Phi) is 3.60. The van der Waals surface area contributed by atoms with Crippen LogP contribution >= 0.6 is 0 Å². The molecule has 0 radical (unpaired) electrons. The Morgan fingerprint density at radius 3 is 2.71 bits per heavy atom. The zero-order valence-electron chi connectivity index (χ0n) is 12.1. The lowest BCUT2D eigenvalue weighted by Gasteiger charge is -2.10. The predicted molar refractivity (Wildman–Crippen MR) is 81.2 cm³/mol. The Morgan fingerprint density at radius 1 is 1.19 bits per heavy atom. The number of aromatic nitrogens is 2. The number of aryl methyl sites for hydroxylation is 1. The van der Waals surface area contributed by atoms with Crippen LogP contribution in [0, 0.1) is 5.82 Å². The number of hydrogen-bond donors (Lipinski definition) is 0. The van der Waals surface area contributed by atoms with Crippen molar-refractivity contribution in [3.8, 4) is 5.75 Å². The number of para-hydroxylation sites is 2. The van der Waals surface area contributed by atoms with Crippen molar-refractivity contribution < 1.29 is 9.13 Å². The van der Waals surface area contributed by atoms with Crippen LogP contribution in [0.4, 0.5) is 4.39 Å². The average Bonchev–Trinajstić information content (AvgIpc) is 2.86. The van der Waals surface area contributed by atoms with E-state index in [1.807, 2.05) is 30.3 Å². The second-order valence-electron chi connectivity index (χ2n) is 4.93. The summed E-state index contributed by atoms with van der Waals surface area (Å²) < 4.78 is 20.9. The van der Waals surface area contributed by atoms with Crippen LogP contribution in [0.15, 0.2) is 42.5 Å². The van der Waals surface area contributed by atoms with Crippen LogP contribution in [0.3, 0.4) is 0 Å². The fraction of sp³-hybridized carbons (Fsp3) is 0.235. The number of benzene rings is 2. The van der Waals surface area contributed by atoms with E-state index in [0.717, 1.165) is 28.8 Å². The molecule has 0 aliphatic rings. The van der Waals surface area contributed by atoms with Gasteiger partial charge < -0.3 is 9.30 Å². The Hall–Kier alpha value is -2.36. The molecule has 0 atom stereocenters. The van der Waals surface area contributed by atoms with Gasteiger partial charge in [-0.25, -0.2) is 9.37 Å². The van der Waals surface area contributed by atoms with Gasteiger partial charge in [0, 0.05) is 13.0 Å². The average molecular weight is 284 g/mol. The molecular formula is C17H17FN2O. The molecule has 0 bridgehead atoms. The van der Waals surface area contributed by atoms with Gasteiger partial charge in [-0.1, -0.05) is 25.1 Å². The fourth-order valence-electron chi connectivity index (χ4n) is 2.56. The molecule has 0 saturated heterocycles. The van der Waals surface area contributed by atoms with Gasteiger partial charge in [-0.05, 0) is 29.8 Å². The molecule has 1 heterocycles. The van der Waals surface area contributed by atoms with Crippen LogP contribution < -0.4 is 4.74 Å². The number of methoxy groups -OCH3 is 1. The Labute approximate surface area is 123 Å². The van der Waals surface area contributed by atoms with Crippen molar-refractivity contribution in [3.05, 3.63) is 59.7 Å². The molecule has 1 aromatic heterocycles. The van der Waals surface area contributed by atoms with Gasteiger partial charge in [0.05, 0.1) is 18.1 Å². The number of nitrogens with zero attached hydrogens (tertiary/aromatic N) is 2. The number of imidazole rings is 1. The third kappa shape index (κ3) is 2.49. The van der Waals surface area contributed by atoms with Crippen LogP contribution in [0.5, 0.6) is 5.75 Å². The molecule has 21 heavy (non-hydrogen) atoms. The molecule has 108 valence electrons. The van der Waals surface area contributed by atoms with Crippen LogP contribution in [0.1, 0.15) is 18.3 Å². The smallest absolute Gasteiger partial charge is 0.165 e. The van der Waals surface area contributed by atoms with E-state index in [1.165, 1.54) is 13.2 Å². The van der Waals surface area contributed by atoms with Gasteiger partial charge in [-0.3, -0.25) is 0 Å². The second-order valence-corrected chi connectivity index (χ2v) is 4.93. The van der Waals surface area contributed by atoms with E-state index in [-0.39, 0.29) is 11.6 Å². The Bertz CT molecular complexity index is 780. The molecule has 0 unspecified atom stereocenters. The first-order valence-electron chi connectivity index (χ1n) is 6.99. The van der Waals surface area contributed by atoms with Crippen LogP contribution in [0.2, 0.25) is 0 Å². The molecule has 0 N–H and O–H groups in total. The zero-order valence-corrected chi connectivity index (χ0v) is 12.1. The molecule has 0 spiro atoms. The van der Waals surface area contributed by atoms with Crippen molar-refractivity contribution in [2.45, 2.75) is 19.9 Å². The SMILES string of the molecule is CCc1nc2ccccc2n1Cc1ccc(OC)c(F)c1. The third-order valence-corrected chi connectivity index (χ3v) is 3.61. The van der Waals surface area contributed by atoms with Gasteiger partial charge in [0.25, 0.3) is 0 Å². The minimum atomic E-state index is -0.336. The van der Waals surface area contributed by atoms with Gasteiger partial charge >= 0.3 is 0 Å². The Morgan fingerprint density at radius 2 is 2.00 bits per heavy atom. The largest absolute Gasteiger partial charge is 0.494 e. The molecule has 3 aromatic rings. The lowest BCUT2D eigenvalue weighted by Crippen LogP contribution is -2.05. The maximum atomic E-state index is 13.8. The van der Waals surface area contributed by atoms with E-state index < -0.39 is 0 Å². The topological polar surface area (TPSA) is 27.1 Å². The number of rotatable bonds is 4. The van der Waals surface area contributed by atoms with Crippen LogP contribution in [-0.4, -0.2) is 16.7 Å². The normalized spacial score (nSPS) is 11.0. The van der Waals surface area contributed by atoms with Crippen LogP contribution in [-0.2, 0) is 13.0 Å². The molecule has 3 rings (SSSR count). The molecule has 0 aliphatic heterocycles.